The maximum absolute atomic E-state index is 12.9. The summed E-state index contributed by atoms with van der Waals surface area (Å²) < 4.78 is 49.8. The second-order valence-electron chi connectivity index (χ2n) is 10.2. The predicted molar refractivity (Wildman–Crippen MR) is 114 cm³/mol. The summed E-state index contributed by atoms with van der Waals surface area (Å²) in [6.07, 6.45) is 1.71. The molecule has 186 valence electrons. The van der Waals surface area contributed by atoms with Crippen molar-refractivity contribution in [3.8, 4) is 0 Å². The second kappa shape index (κ2) is 8.57. The van der Waals surface area contributed by atoms with E-state index in [4.69, 9.17) is 9.47 Å². The van der Waals surface area contributed by atoms with Crippen LogP contribution in [0.3, 0.4) is 0 Å². The molecule has 2 heterocycles. The number of likely N-dealkylation sites (tertiary alicyclic amines) is 1. The van der Waals surface area contributed by atoms with Crippen LogP contribution in [0, 0.1) is 23.2 Å². The number of nitrogens with one attached hydrogen (secondary N) is 1. The number of nitrogens with zero attached hydrogens (tertiary/aromatic N) is 3. The van der Waals surface area contributed by atoms with Gasteiger partial charge in [0.1, 0.15) is 11.8 Å². The molecule has 0 aromatic carbocycles. The number of halogens is 3. The molecule has 1 aromatic heterocycles. The van der Waals surface area contributed by atoms with E-state index in [1.54, 1.807) is 4.90 Å². The summed E-state index contributed by atoms with van der Waals surface area (Å²) >= 11 is 0. The van der Waals surface area contributed by atoms with Gasteiger partial charge in [-0.15, -0.1) is 0 Å². The lowest BCUT2D eigenvalue weighted by Crippen LogP contribution is -2.56. The number of hydrogen-bond acceptors (Lipinski definition) is 7. The topological polar surface area (TPSA) is 93.7 Å². The molecular formula is C23H29F3N4O4. The number of methoxy groups -OCH3 is 1. The van der Waals surface area contributed by atoms with Crippen molar-refractivity contribution in [2.24, 2.45) is 23.2 Å². The molecule has 11 heteroatoms. The number of alkyl halides is 3. The molecule has 3 aliphatic carbocycles. The van der Waals surface area contributed by atoms with Crippen molar-refractivity contribution in [1.82, 2.24) is 14.9 Å². The first kappa shape index (κ1) is 23.2. The highest BCUT2D eigenvalue weighted by atomic mass is 19.4. The van der Waals surface area contributed by atoms with Crippen LogP contribution in [0.1, 0.15) is 50.6 Å². The molecule has 1 aliphatic heterocycles. The van der Waals surface area contributed by atoms with Gasteiger partial charge in [0, 0.05) is 25.3 Å². The Morgan fingerprint density at radius 3 is 2.79 bits per heavy atom. The maximum atomic E-state index is 12.9. The summed E-state index contributed by atoms with van der Waals surface area (Å²) in [7, 11) is 1.45. The van der Waals surface area contributed by atoms with Crippen LogP contribution in [0.25, 0.3) is 0 Å². The molecular weight excluding hydrogens is 453 g/mol. The van der Waals surface area contributed by atoms with Gasteiger partial charge in [-0.05, 0) is 62.3 Å². The summed E-state index contributed by atoms with van der Waals surface area (Å²) in [5, 5.41) is 2.90. The maximum Gasteiger partial charge on any atom is 0.433 e. The minimum atomic E-state index is -4.55. The molecule has 5 rings (SSSR count). The van der Waals surface area contributed by atoms with Gasteiger partial charge in [0.15, 0.2) is 0 Å². The summed E-state index contributed by atoms with van der Waals surface area (Å²) in [5.41, 5.74) is -1.45. The Morgan fingerprint density at radius 1 is 1.21 bits per heavy atom. The van der Waals surface area contributed by atoms with Crippen molar-refractivity contribution >= 4 is 18.0 Å². The van der Waals surface area contributed by atoms with E-state index >= 15 is 0 Å². The van der Waals surface area contributed by atoms with Gasteiger partial charge in [-0.1, -0.05) is 6.42 Å². The van der Waals surface area contributed by atoms with Crippen LogP contribution in [0.2, 0.25) is 0 Å². The first-order chi connectivity index (χ1) is 16.2. The van der Waals surface area contributed by atoms with Crippen LogP contribution >= 0.6 is 0 Å². The lowest BCUT2D eigenvalue weighted by Gasteiger charge is -2.56. The Balaban J connectivity index is 1.19. The number of aromatic nitrogens is 2. The van der Waals surface area contributed by atoms with Crippen molar-refractivity contribution in [3.05, 3.63) is 18.0 Å². The fourth-order valence-corrected chi connectivity index (χ4v) is 6.72. The summed E-state index contributed by atoms with van der Waals surface area (Å²) in [4.78, 5) is 34.6. The van der Waals surface area contributed by atoms with Gasteiger partial charge in [-0.25, -0.2) is 14.8 Å². The molecule has 4 fully saturated rings. The van der Waals surface area contributed by atoms with E-state index in [0.29, 0.717) is 38.3 Å². The minimum absolute atomic E-state index is 0.111. The zero-order valence-corrected chi connectivity index (χ0v) is 19.0. The van der Waals surface area contributed by atoms with E-state index in [0.717, 1.165) is 37.9 Å². The highest BCUT2D eigenvalue weighted by molar-refractivity contribution is 5.78. The predicted octanol–water partition coefficient (Wildman–Crippen LogP) is 3.88. The van der Waals surface area contributed by atoms with Crippen LogP contribution in [0.15, 0.2) is 12.3 Å². The highest BCUT2D eigenvalue weighted by Gasteiger charge is 2.60. The number of amides is 1. The first-order valence-corrected chi connectivity index (χ1v) is 11.9. The third kappa shape index (κ3) is 4.17. The van der Waals surface area contributed by atoms with Gasteiger partial charge in [-0.2, -0.15) is 13.2 Å². The SMILES string of the molecule is COC(=O)C12CC3CCC1CC(OC(=O)N1CC[C@@H](Nc4nccc(C(F)(F)F)n4)C1)C(C3)C2. The Hall–Kier alpha value is -2.59. The molecule has 1 N–H and O–H groups in total. The Labute approximate surface area is 195 Å². The van der Waals surface area contributed by atoms with Crippen molar-refractivity contribution in [2.75, 3.05) is 25.5 Å². The molecule has 4 aliphatic rings. The molecule has 8 nitrogen and oxygen atoms in total. The first-order valence-electron chi connectivity index (χ1n) is 11.9. The van der Waals surface area contributed by atoms with E-state index in [-0.39, 0.29) is 35.9 Å². The van der Waals surface area contributed by atoms with Gasteiger partial charge >= 0.3 is 18.2 Å². The second-order valence-corrected chi connectivity index (χ2v) is 10.2. The average molecular weight is 483 g/mol. The van der Waals surface area contributed by atoms with E-state index in [9.17, 15) is 22.8 Å². The van der Waals surface area contributed by atoms with Gasteiger partial charge in [-0.3, -0.25) is 4.79 Å². The standard InChI is InChI=1S/C23H29F3N4O4/c1-33-19(31)22-10-13-2-3-15(22)9-17(14(8-13)11-22)34-21(32)30-7-5-16(12-30)28-20-27-6-4-18(29-20)23(24,25)26/h4,6,13-17H,2-3,5,7-12H2,1H3,(H,27,28,29)/t13?,14?,15?,16-,17?,22?/m1/s1. The zero-order chi connectivity index (χ0) is 24.1. The van der Waals surface area contributed by atoms with Gasteiger partial charge in [0.2, 0.25) is 5.95 Å². The number of ether oxygens (including phenoxy) is 2. The van der Waals surface area contributed by atoms with Crippen molar-refractivity contribution in [3.63, 3.8) is 0 Å². The molecule has 1 saturated heterocycles. The number of fused-ring (bicyclic) bond motifs is 2. The fourth-order valence-electron chi connectivity index (χ4n) is 6.72. The lowest BCUT2D eigenvalue weighted by atomic mass is 9.49. The van der Waals surface area contributed by atoms with E-state index in [1.807, 2.05) is 0 Å². The Kier molecular flexibility index (Phi) is 5.84. The van der Waals surface area contributed by atoms with Crippen LogP contribution < -0.4 is 5.32 Å². The van der Waals surface area contributed by atoms with Crippen molar-refractivity contribution in [2.45, 2.75) is 63.3 Å². The van der Waals surface area contributed by atoms with Crippen molar-refractivity contribution < 1.29 is 32.2 Å². The third-order valence-corrected chi connectivity index (χ3v) is 8.23. The van der Waals surface area contributed by atoms with Crippen LogP contribution in [0.4, 0.5) is 23.9 Å². The number of carbonyl (C=O) groups excluding carboxylic acids is 2. The number of rotatable bonds is 4. The zero-order valence-electron chi connectivity index (χ0n) is 19.0. The number of esters is 1. The lowest BCUT2D eigenvalue weighted by molar-refractivity contribution is -0.180. The molecule has 5 unspecified atom stereocenters. The minimum Gasteiger partial charge on any atom is -0.469 e. The highest BCUT2D eigenvalue weighted by Crippen LogP contribution is 2.60. The van der Waals surface area contributed by atoms with E-state index < -0.39 is 23.4 Å². The van der Waals surface area contributed by atoms with Gasteiger partial charge < -0.3 is 19.7 Å². The third-order valence-electron chi connectivity index (χ3n) is 8.23. The molecule has 3 bridgehead atoms. The molecule has 3 saturated carbocycles. The smallest absolute Gasteiger partial charge is 0.433 e. The molecule has 1 aromatic rings. The normalized spacial score (nSPS) is 34.6. The quantitative estimate of drug-likeness (QED) is 0.651. The summed E-state index contributed by atoms with van der Waals surface area (Å²) in [5.74, 6) is 0.537. The summed E-state index contributed by atoms with van der Waals surface area (Å²) in [6.45, 7) is 0.735. The van der Waals surface area contributed by atoms with Crippen LogP contribution in [-0.4, -0.2) is 59.3 Å². The summed E-state index contributed by atoms with van der Waals surface area (Å²) in [6, 6.07) is 0.556. The van der Waals surface area contributed by atoms with Crippen LogP contribution in [-0.2, 0) is 20.4 Å². The number of anilines is 1. The fraction of sp³-hybridized carbons (Fsp3) is 0.739. The largest absolute Gasteiger partial charge is 0.469 e. The van der Waals surface area contributed by atoms with Crippen LogP contribution in [0.5, 0.6) is 0 Å². The Morgan fingerprint density at radius 2 is 2.03 bits per heavy atom. The van der Waals surface area contributed by atoms with E-state index in [2.05, 4.69) is 15.3 Å². The van der Waals surface area contributed by atoms with Gasteiger partial charge in [0.05, 0.1) is 12.5 Å². The Bertz CT molecular complexity index is 960. The average Bonchev–Trinajstić information content (AvgIpc) is 3.27. The molecule has 34 heavy (non-hydrogen) atoms. The van der Waals surface area contributed by atoms with E-state index in [1.165, 1.54) is 7.11 Å². The molecule has 1 amide bonds. The number of carbonyl (C=O) groups is 2. The molecule has 0 spiro atoms. The van der Waals surface area contributed by atoms with Gasteiger partial charge in [0.25, 0.3) is 0 Å². The monoisotopic (exact) mass is 482 g/mol. The van der Waals surface area contributed by atoms with Crippen molar-refractivity contribution in [1.29, 1.82) is 0 Å². The number of hydrogen-bond donors (Lipinski definition) is 1. The molecule has 6 atom stereocenters. The molecule has 0 radical (unpaired) electrons.